The molecular formula is C27H35N5O3. The van der Waals surface area contributed by atoms with Crippen LogP contribution in [0.3, 0.4) is 0 Å². The number of rotatable bonds is 8. The molecule has 8 heteroatoms. The van der Waals surface area contributed by atoms with Crippen molar-refractivity contribution in [2.45, 2.75) is 50.5 Å². The third-order valence-electron chi connectivity index (χ3n) is 7.96. The zero-order valence-electron chi connectivity index (χ0n) is 20.4. The number of likely N-dealkylation sites (tertiary alicyclic amines) is 1. The Bertz CT molecular complexity index is 1040. The molecule has 0 spiro atoms. The summed E-state index contributed by atoms with van der Waals surface area (Å²) in [5, 5.41) is 22.7. The van der Waals surface area contributed by atoms with Crippen LogP contribution in [0.15, 0.2) is 41.0 Å². The number of piperidine rings is 1. The highest BCUT2D eigenvalue weighted by atomic mass is 16.3. The normalized spacial score (nSPS) is 23.6. The lowest BCUT2D eigenvalue weighted by Crippen LogP contribution is -2.54. The molecule has 0 aromatic heterocycles. The van der Waals surface area contributed by atoms with E-state index >= 15 is 0 Å². The largest absolute Gasteiger partial charge is 0.388 e. The number of hydrogen-bond acceptors (Lipinski definition) is 6. The van der Waals surface area contributed by atoms with Crippen molar-refractivity contribution >= 4 is 29.6 Å². The van der Waals surface area contributed by atoms with Crippen LogP contribution in [-0.2, 0) is 9.59 Å². The highest BCUT2D eigenvalue weighted by Gasteiger charge is 2.44. The minimum atomic E-state index is -1.10. The van der Waals surface area contributed by atoms with E-state index < -0.39 is 11.5 Å². The average Bonchev–Trinajstić information content (AvgIpc) is 3.77. The molecule has 0 bridgehead atoms. The molecule has 1 saturated heterocycles. The minimum absolute atomic E-state index is 0.0695. The predicted molar refractivity (Wildman–Crippen MR) is 135 cm³/mol. The van der Waals surface area contributed by atoms with Gasteiger partial charge in [0.15, 0.2) is 0 Å². The third kappa shape index (κ3) is 5.17. The average molecular weight is 478 g/mol. The smallest absolute Gasteiger partial charge is 0.279 e. The van der Waals surface area contributed by atoms with Crippen LogP contribution >= 0.6 is 0 Å². The number of benzene rings is 1. The molecule has 0 unspecified atom stereocenters. The Kier molecular flexibility index (Phi) is 6.49. The number of hydrogen-bond donors (Lipinski definition) is 3. The summed E-state index contributed by atoms with van der Waals surface area (Å²) in [7, 11) is 1.74. The molecule has 5 rings (SSSR count). The summed E-state index contributed by atoms with van der Waals surface area (Å²) in [4.78, 5) is 33.6. The molecule has 2 heterocycles. The molecule has 2 amide bonds. The fraction of sp³-hybridized carbons (Fsp3) is 0.556. The fourth-order valence-electron chi connectivity index (χ4n) is 5.54. The highest BCUT2D eigenvalue weighted by Crippen LogP contribution is 2.51. The van der Waals surface area contributed by atoms with E-state index in [1.54, 1.807) is 7.05 Å². The van der Waals surface area contributed by atoms with Crippen LogP contribution in [0.25, 0.3) is 5.70 Å². The van der Waals surface area contributed by atoms with Crippen LogP contribution in [0, 0.1) is 23.2 Å². The van der Waals surface area contributed by atoms with Gasteiger partial charge in [-0.05, 0) is 61.8 Å². The molecule has 3 fully saturated rings. The number of β-amino-alcohol motifs (C(OH)–C–C–N with tert-alkyl or cyclic N) is 1. The van der Waals surface area contributed by atoms with Gasteiger partial charge in [-0.3, -0.25) is 19.9 Å². The first-order valence-corrected chi connectivity index (χ1v) is 12.8. The predicted octanol–water partition coefficient (Wildman–Crippen LogP) is 2.64. The molecule has 2 aliphatic heterocycles. The van der Waals surface area contributed by atoms with Crippen molar-refractivity contribution in [3.8, 4) is 0 Å². The highest BCUT2D eigenvalue weighted by molar-refractivity contribution is 6.47. The molecule has 1 aromatic rings. The summed E-state index contributed by atoms with van der Waals surface area (Å²) in [6.45, 7) is 1.06. The number of carbonyl (C=O) groups is 2. The molecule has 35 heavy (non-hydrogen) atoms. The van der Waals surface area contributed by atoms with Crippen molar-refractivity contribution in [3.63, 3.8) is 0 Å². The zero-order valence-corrected chi connectivity index (χ0v) is 20.4. The Labute approximate surface area is 206 Å². The summed E-state index contributed by atoms with van der Waals surface area (Å²) in [5.74, 6) is 1.78. The van der Waals surface area contributed by atoms with E-state index in [0.29, 0.717) is 44.0 Å². The second kappa shape index (κ2) is 9.57. The van der Waals surface area contributed by atoms with Crippen LogP contribution in [0.4, 0.5) is 0 Å². The Balaban J connectivity index is 1.21. The second-order valence-electron chi connectivity index (χ2n) is 10.5. The van der Waals surface area contributed by atoms with Crippen molar-refractivity contribution < 1.29 is 14.7 Å². The third-order valence-corrected chi connectivity index (χ3v) is 7.96. The summed E-state index contributed by atoms with van der Waals surface area (Å²) < 4.78 is 0. The Morgan fingerprint density at radius 3 is 2.37 bits per heavy atom. The lowest BCUT2D eigenvalue weighted by Gasteiger charge is -2.41. The van der Waals surface area contributed by atoms with Gasteiger partial charge < -0.3 is 15.3 Å². The van der Waals surface area contributed by atoms with Gasteiger partial charge in [0.1, 0.15) is 11.4 Å². The molecule has 3 N–H and O–H groups in total. The van der Waals surface area contributed by atoms with Crippen molar-refractivity contribution in [2.24, 2.45) is 22.7 Å². The van der Waals surface area contributed by atoms with Crippen LogP contribution in [-0.4, -0.2) is 71.1 Å². The van der Waals surface area contributed by atoms with E-state index in [1.807, 2.05) is 35.2 Å². The molecular weight excluding hydrogens is 442 g/mol. The molecule has 4 aliphatic rings. The van der Waals surface area contributed by atoms with Gasteiger partial charge in [-0.2, -0.15) is 0 Å². The molecule has 186 valence electrons. The summed E-state index contributed by atoms with van der Waals surface area (Å²) in [5.41, 5.74) is 0.435. The minimum Gasteiger partial charge on any atom is -0.388 e. The molecule has 8 nitrogen and oxygen atoms in total. The van der Waals surface area contributed by atoms with Gasteiger partial charge in [-0.25, -0.2) is 4.99 Å². The Hall–Kier alpha value is -3.00. The van der Waals surface area contributed by atoms with E-state index in [-0.39, 0.29) is 23.9 Å². The van der Waals surface area contributed by atoms with E-state index in [0.717, 1.165) is 17.4 Å². The van der Waals surface area contributed by atoms with Crippen molar-refractivity contribution in [3.05, 3.63) is 41.6 Å². The van der Waals surface area contributed by atoms with E-state index in [2.05, 4.69) is 10.3 Å². The van der Waals surface area contributed by atoms with Gasteiger partial charge in [0.2, 0.25) is 5.91 Å². The molecule has 0 atom stereocenters. The lowest BCUT2D eigenvalue weighted by molar-refractivity contribution is -0.138. The van der Waals surface area contributed by atoms with Gasteiger partial charge in [-0.1, -0.05) is 30.3 Å². The number of amides is 2. The molecule has 2 saturated carbocycles. The van der Waals surface area contributed by atoms with Crippen molar-refractivity contribution in [1.29, 1.82) is 5.41 Å². The summed E-state index contributed by atoms with van der Waals surface area (Å²) >= 11 is 0. The summed E-state index contributed by atoms with van der Waals surface area (Å²) in [6.07, 6.45) is 7.97. The maximum atomic E-state index is 13.0. The second-order valence-corrected chi connectivity index (χ2v) is 10.5. The fourth-order valence-corrected chi connectivity index (χ4v) is 5.54. The molecule has 0 radical (unpaired) electrons. The Morgan fingerprint density at radius 2 is 1.80 bits per heavy atom. The van der Waals surface area contributed by atoms with Crippen molar-refractivity contribution in [2.75, 3.05) is 26.7 Å². The standard InChI is InChI=1S/C27H35N5O3/c1-29-24(20-5-3-2-4-6-20)25-23(28)26(34)32(17-30-25)16-27(35)11-13-31(14-12-27)22(33)15-21(18-7-8-18)19-9-10-19/h2-6,17-19,21,28-29,35H,7-16H2,1H3/b25-24+,28-23?. The number of carbonyl (C=O) groups excluding carboxylic acids is 2. The number of nitrogens with one attached hydrogen (secondary N) is 2. The number of nitrogens with zero attached hydrogens (tertiary/aromatic N) is 3. The first-order valence-electron chi connectivity index (χ1n) is 12.8. The SMILES string of the molecule is CN/C(=C1/N=CN(CC2(O)CCN(C(=O)CC(C3CC3)C3CC3)CC2)C(=O)C1=N)c1ccccc1. The van der Waals surface area contributed by atoms with Gasteiger partial charge >= 0.3 is 0 Å². The maximum absolute atomic E-state index is 13.0. The van der Waals surface area contributed by atoms with Gasteiger partial charge in [0.25, 0.3) is 5.91 Å². The van der Waals surface area contributed by atoms with Crippen LogP contribution in [0.2, 0.25) is 0 Å². The maximum Gasteiger partial charge on any atom is 0.279 e. The topological polar surface area (TPSA) is 109 Å². The van der Waals surface area contributed by atoms with Gasteiger partial charge in [0, 0.05) is 26.6 Å². The first-order chi connectivity index (χ1) is 16.9. The van der Waals surface area contributed by atoms with Crippen molar-refractivity contribution in [1.82, 2.24) is 15.1 Å². The van der Waals surface area contributed by atoms with Gasteiger partial charge in [0.05, 0.1) is 24.2 Å². The molecule has 2 aliphatic carbocycles. The monoisotopic (exact) mass is 477 g/mol. The number of aliphatic hydroxyl groups is 1. The van der Waals surface area contributed by atoms with Crippen LogP contribution in [0.5, 0.6) is 0 Å². The Morgan fingerprint density at radius 1 is 1.17 bits per heavy atom. The van der Waals surface area contributed by atoms with Crippen LogP contribution < -0.4 is 5.32 Å². The first kappa shape index (κ1) is 23.7. The van der Waals surface area contributed by atoms with E-state index in [9.17, 15) is 14.7 Å². The van der Waals surface area contributed by atoms with Gasteiger partial charge in [-0.15, -0.1) is 0 Å². The lowest BCUT2D eigenvalue weighted by atomic mass is 9.89. The number of aliphatic imine (C=N–C) groups is 1. The summed E-state index contributed by atoms with van der Waals surface area (Å²) in [6, 6.07) is 9.48. The quantitative estimate of drug-likeness (QED) is 0.535. The molecule has 1 aromatic carbocycles. The van der Waals surface area contributed by atoms with E-state index in [1.165, 1.54) is 36.9 Å². The van der Waals surface area contributed by atoms with E-state index in [4.69, 9.17) is 5.41 Å². The zero-order chi connectivity index (χ0) is 24.6. The van der Waals surface area contributed by atoms with Crippen LogP contribution in [0.1, 0.15) is 50.5 Å².